The van der Waals surface area contributed by atoms with E-state index >= 15 is 0 Å². The number of alkyl carbamates (subject to hydrolysis) is 2. The lowest BCUT2D eigenvalue weighted by Crippen LogP contribution is -2.59. The third kappa shape index (κ3) is 11.4. The Kier molecular flexibility index (Phi) is 14.2. The molecule has 2 fully saturated rings. The van der Waals surface area contributed by atoms with Gasteiger partial charge in [-0.1, -0.05) is 63.2 Å². The highest BCUT2D eigenvalue weighted by molar-refractivity contribution is 5.86. The molecule has 3 heterocycles. The number of carbonyl (C=O) groups excluding carboxylic acids is 3. The summed E-state index contributed by atoms with van der Waals surface area (Å²) in [5.41, 5.74) is 11.1. The summed E-state index contributed by atoms with van der Waals surface area (Å²) in [5, 5.41) is 19.0. The Morgan fingerprint density at radius 2 is 1.74 bits per heavy atom. The van der Waals surface area contributed by atoms with E-state index in [4.69, 9.17) is 29.4 Å². The lowest BCUT2D eigenvalue weighted by Gasteiger charge is -2.34. The van der Waals surface area contributed by atoms with Crippen LogP contribution in [0.4, 0.5) is 9.59 Å². The van der Waals surface area contributed by atoms with Crippen molar-refractivity contribution < 1.29 is 43.2 Å². The fraction of sp³-hybridized carbons (Fsp3) is 0.487. The number of hydrogen-bond acceptors (Lipinski definition) is 12. The van der Waals surface area contributed by atoms with E-state index in [9.17, 15) is 19.5 Å². The van der Waals surface area contributed by atoms with Crippen molar-refractivity contribution in [3.63, 3.8) is 0 Å². The van der Waals surface area contributed by atoms with Crippen molar-refractivity contribution in [2.45, 2.75) is 70.7 Å². The first-order chi connectivity index (χ1) is 25.9. The van der Waals surface area contributed by atoms with Gasteiger partial charge >= 0.3 is 12.2 Å². The van der Waals surface area contributed by atoms with Gasteiger partial charge in [-0.15, -0.1) is 0 Å². The molecule has 2 saturated heterocycles. The monoisotopic (exact) mass is 748 g/mol. The number of hydrazine groups is 1. The van der Waals surface area contributed by atoms with Gasteiger partial charge in [0.05, 0.1) is 44.1 Å². The molecular formula is C39H52N6O9. The van der Waals surface area contributed by atoms with Gasteiger partial charge in [0.2, 0.25) is 0 Å². The third-order valence-corrected chi connectivity index (χ3v) is 9.32. The molecule has 0 aliphatic carbocycles. The van der Waals surface area contributed by atoms with E-state index in [2.05, 4.69) is 21.0 Å². The smallest absolute Gasteiger partial charge is 0.407 e. The Hall–Kier alpha value is -4.80. The predicted octanol–water partition coefficient (Wildman–Crippen LogP) is 3.15. The van der Waals surface area contributed by atoms with Crippen LogP contribution < -0.4 is 26.5 Å². The Bertz CT molecular complexity index is 1660. The first-order valence-electron chi connectivity index (χ1n) is 18.1. The fourth-order valence-corrected chi connectivity index (χ4v) is 6.42. The minimum absolute atomic E-state index is 0.0654. The number of nitrogens with two attached hydrogens (primary N) is 1. The lowest BCUT2D eigenvalue weighted by atomic mass is 9.86. The third-order valence-electron chi connectivity index (χ3n) is 9.32. The number of benzene rings is 2. The molecule has 3 amide bonds. The van der Waals surface area contributed by atoms with Crippen LogP contribution in [0.5, 0.6) is 5.75 Å². The zero-order chi connectivity index (χ0) is 38.7. The van der Waals surface area contributed by atoms with E-state index < -0.39 is 54.1 Å². The van der Waals surface area contributed by atoms with Crippen molar-refractivity contribution in [3.8, 4) is 17.0 Å². The number of nitrogens with zero attached hydrogens (tertiary/aromatic N) is 2. The van der Waals surface area contributed by atoms with Crippen molar-refractivity contribution in [2.75, 3.05) is 40.0 Å². The number of pyridine rings is 1. The number of fused-ring (bicyclic) bond motifs is 1. The van der Waals surface area contributed by atoms with Crippen molar-refractivity contribution >= 4 is 18.1 Å². The highest BCUT2D eigenvalue weighted by Gasteiger charge is 2.44. The SMILES string of the molecule is COC(=O)N[C@H](C(=O)NN(Cc1ccc(-c2ccccn2)cc1)C[C@H](O)[C@H](Cc1ccc(OCCN)cc1)NC(=O)O[C@H]1CO[C@H]2OCC[C@H]21)C(C)(C)C. The van der Waals surface area contributed by atoms with Crippen LogP contribution in [0.2, 0.25) is 0 Å². The predicted molar refractivity (Wildman–Crippen MR) is 199 cm³/mol. The molecule has 0 unspecified atom stereocenters. The number of hydrogen-bond donors (Lipinski definition) is 5. The average Bonchev–Trinajstić information content (AvgIpc) is 3.78. The van der Waals surface area contributed by atoms with Gasteiger partial charge in [0.1, 0.15) is 24.5 Å². The van der Waals surface area contributed by atoms with Gasteiger partial charge in [-0.25, -0.2) is 14.6 Å². The van der Waals surface area contributed by atoms with Crippen LogP contribution in [-0.4, -0.2) is 104 Å². The highest BCUT2D eigenvalue weighted by atomic mass is 16.7. The normalized spacial score (nSPS) is 19.6. The van der Waals surface area contributed by atoms with E-state index in [0.717, 1.165) is 22.4 Å². The molecule has 54 heavy (non-hydrogen) atoms. The highest BCUT2D eigenvalue weighted by Crippen LogP contribution is 2.33. The molecule has 1 aromatic heterocycles. The minimum Gasteiger partial charge on any atom is -0.492 e. The summed E-state index contributed by atoms with van der Waals surface area (Å²) in [6.45, 7) is 6.99. The Morgan fingerprint density at radius 3 is 2.41 bits per heavy atom. The number of carbonyl (C=O) groups is 3. The van der Waals surface area contributed by atoms with E-state index in [-0.39, 0.29) is 32.0 Å². The maximum absolute atomic E-state index is 13.8. The molecule has 15 nitrogen and oxygen atoms in total. The van der Waals surface area contributed by atoms with Crippen molar-refractivity contribution in [1.82, 2.24) is 26.1 Å². The van der Waals surface area contributed by atoms with Crippen LogP contribution >= 0.6 is 0 Å². The number of aliphatic hydroxyl groups is 1. The maximum Gasteiger partial charge on any atom is 0.407 e. The second kappa shape index (κ2) is 19.0. The summed E-state index contributed by atoms with van der Waals surface area (Å²) in [7, 11) is 1.22. The zero-order valence-corrected chi connectivity index (χ0v) is 31.2. The Labute approximate surface area is 315 Å². The average molecular weight is 749 g/mol. The standard InChI is InChI=1S/C39H52N6O9/c1-39(2,3)34(43-37(48)50-4)35(47)44-45(22-26-8-12-27(13-9-26)30-7-5-6-18-41-30)23-32(46)31(21-25-10-14-28(15-11-25)51-20-17-40)42-38(49)54-33-24-53-36-29(33)16-19-52-36/h5-15,18,29,31-34,36,46H,16-17,19-24,40H2,1-4H3,(H,42,49)(H,43,48)(H,44,47)/t29-,31-,32-,33-,34+,36+/m0/s1. The molecule has 3 aromatic rings. The number of amides is 3. The first-order valence-corrected chi connectivity index (χ1v) is 18.1. The van der Waals surface area contributed by atoms with Gasteiger partial charge < -0.3 is 45.2 Å². The van der Waals surface area contributed by atoms with E-state index in [0.29, 0.717) is 31.9 Å². The summed E-state index contributed by atoms with van der Waals surface area (Å²) in [4.78, 5) is 43.9. The van der Waals surface area contributed by atoms with Crippen LogP contribution in [0.15, 0.2) is 72.9 Å². The van der Waals surface area contributed by atoms with Crippen LogP contribution in [0, 0.1) is 11.3 Å². The molecule has 0 radical (unpaired) electrons. The van der Waals surface area contributed by atoms with Gasteiger partial charge in [0.25, 0.3) is 5.91 Å². The minimum atomic E-state index is -1.22. The first kappa shape index (κ1) is 40.4. The van der Waals surface area contributed by atoms with Gasteiger partial charge in [-0.3, -0.25) is 15.2 Å². The van der Waals surface area contributed by atoms with E-state index in [1.54, 1.807) is 23.3 Å². The van der Waals surface area contributed by atoms with Crippen LogP contribution in [0.3, 0.4) is 0 Å². The molecule has 2 aromatic carbocycles. The number of ether oxygens (including phenoxy) is 5. The van der Waals surface area contributed by atoms with Crippen molar-refractivity contribution in [2.24, 2.45) is 17.1 Å². The molecule has 0 bridgehead atoms. The number of nitrogens with one attached hydrogen (secondary N) is 3. The van der Waals surface area contributed by atoms with E-state index in [1.165, 1.54) is 7.11 Å². The summed E-state index contributed by atoms with van der Waals surface area (Å²) in [6.07, 6.45) is -0.916. The molecule has 2 aliphatic heterocycles. The molecule has 6 N–H and O–H groups in total. The second-order valence-corrected chi connectivity index (χ2v) is 14.5. The second-order valence-electron chi connectivity index (χ2n) is 14.5. The summed E-state index contributed by atoms with van der Waals surface area (Å²) >= 11 is 0. The topological polar surface area (TPSA) is 196 Å². The zero-order valence-electron chi connectivity index (χ0n) is 31.2. The van der Waals surface area contributed by atoms with Crippen molar-refractivity contribution in [3.05, 3.63) is 84.1 Å². The Morgan fingerprint density at radius 1 is 1.00 bits per heavy atom. The lowest BCUT2D eigenvalue weighted by molar-refractivity contribution is -0.131. The van der Waals surface area contributed by atoms with Gasteiger partial charge in [0.15, 0.2) is 6.29 Å². The fourth-order valence-electron chi connectivity index (χ4n) is 6.42. The van der Waals surface area contributed by atoms with Crippen LogP contribution in [0.1, 0.15) is 38.3 Å². The summed E-state index contributed by atoms with van der Waals surface area (Å²) < 4.78 is 27.4. The van der Waals surface area contributed by atoms with Gasteiger partial charge in [0, 0.05) is 31.4 Å². The molecule has 15 heteroatoms. The summed E-state index contributed by atoms with van der Waals surface area (Å²) in [5.74, 6) is 0.0567. The molecule has 292 valence electrons. The van der Waals surface area contributed by atoms with Crippen LogP contribution in [0.25, 0.3) is 11.3 Å². The van der Waals surface area contributed by atoms with Crippen LogP contribution in [-0.2, 0) is 36.7 Å². The maximum atomic E-state index is 13.8. The molecule has 0 saturated carbocycles. The molecular weight excluding hydrogens is 696 g/mol. The Balaban J connectivity index is 1.37. The number of methoxy groups -OCH3 is 1. The number of aromatic nitrogens is 1. The van der Waals surface area contributed by atoms with Crippen molar-refractivity contribution in [1.29, 1.82) is 0 Å². The molecule has 0 spiro atoms. The largest absolute Gasteiger partial charge is 0.492 e. The van der Waals surface area contributed by atoms with Gasteiger partial charge in [-0.2, -0.15) is 0 Å². The molecule has 5 rings (SSSR count). The van der Waals surface area contributed by atoms with E-state index in [1.807, 2.05) is 75.4 Å². The quantitative estimate of drug-likeness (QED) is 0.135. The molecule has 2 aliphatic rings. The number of aliphatic hydroxyl groups excluding tert-OH is 1. The number of rotatable bonds is 16. The summed E-state index contributed by atoms with van der Waals surface area (Å²) in [6, 6.07) is 18.8. The van der Waals surface area contributed by atoms with Gasteiger partial charge in [-0.05, 0) is 53.6 Å². The molecule has 6 atom stereocenters.